The number of benzene rings is 2. The average Bonchev–Trinajstić information content (AvgIpc) is 2.81. The predicted molar refractivity (Wildman–Crippen MR) is 96.2 cm³/mol. The number of nitrogens with zero attached hydrogens (tertiary/aromatic N) is 1. The first-order valence-electron chi connectivity index (χ1n) is 7.96. The van der Waals surface area contributed by atoms with Crippen molar-refractivity contribution in [1.29, 1.82) is 0 Å². The van der Waals surface area contributed by atoms with Crippen LogP contribution in [0.3, 0.4) is 0 Å². The summed E-state index contributed by atoms with van der Waals surface area (Å²) in [5.74, 6) is 0. The lowest BCUT2D eigenvalue weighted by atomic mass is 10.1. The molecule has 1 heterocycles. The second kappa shape index (κ2) is 7.50. The molecule has 0 aromatic heterocycles. The monoisotopic (exact) mass is 302 g/mol. The Hall–Kier alpha value is -2.74. The number of nitrogens with one attached hydrogen (secondary N) is 1. The van der Waals surface area contributed by atoms with Crippen LogP contribution in [0, 0.1) is 0 Å². The molecular formula is C21H22N2. The van der Waals surface area contributed by atoms with Crippen molar-refractivity contribution in [2.24, 2.45) is 0 Å². The molecule has 0 saturated heterocycles. The summed E-state index contributed by atoms with van der Waals surface area (Å²) in [6.45, 7) is 3.89. The normalized spacial score (nSPS) is 13.6. The van der Waals surface area contributed by atoms with Gasteiger partial charge in [-0.3, -0.25) is 0 Å². The highest BCUT2D eigenvalue weighted by molar-refractivity contribution is 5.31. The van der Waals surface area contributed by atoms with Crippen LogP contribution in [-0.2, 0) is 13.1 Å². The van der Waals surface area contributed by atoms with Crippen LogP contribution in [0.1, 0.15) is 18.1 Å². The number of allylic oxidation sites excluding steroid dienone is 4. The Morgan fingerprint density at radius 2 is 1.35 bits per heavy atom. The Balaban J connectivity index is 1.89. The molecule has 0 aliphatic carbocycles. The molecule has 0 atom stereocenters. The average molecular weight is 302 g/mol. The third-order valence-electron chi connectivity index (χ3n) is 3.92. The van der Waals surface area contributed by atoms with Crippen LogP contribution in [0.25, 0.3) is 0 Å². The largest absolute Gasteiger partial charge is 0.364 e. The molecule has 2 aromatic carbocycles. The first kappa shape index (κ1) is 15.2. The molecule has 0 amide bonds. The van der Waals surface area contributed by atoms with Crippen molar-refractivity contribution in [2.75, 3.05) is 0 Å². The molecule has 0 saturated carbocycles. The molecule has 0 bridgehead atoms. The van der Waals surface area contributed by atoms with Gasteiger partial charge in [0.25, 0.3) is 0 Å². The topological polar surface area (TPSA) is 15.3 Å². The maximum Gasteiger partial charge on any atom is 0.0565 e. The first-order valence-corrected chi connectivity index (χ1v) is 7.96. The zero-order chi connectivity index (χ0) is 15.9. The lowest BCUT2D eigenvalue weighted by Gasteiger charge is -2.27. The van der Waals surface area contributed by atoms with Crippen LogP contribution in [0.15, 0.2) is 96.5 Å². The summed E-state index contributed by atoms with van der Waals surface area (Å²) >= 11 is 0. The van der Waals surface area contributed by atoms with Gasteiger partial charge in [-0.05, 0) is 30.2 Å². The molecule has 0 unspecified atom stereocenters. The molecule has 2 aromatic rings. The van der Waals surface area contributed by atoms with Gasteiger partial charge in [0, 0.05) is 25.0 Å². The fourth-order valence-corrected chi connectivity index (χ4v) is 2.75. The molecular weight excluding hydrogens is 280 g/mol. The summed E-state index contributed by atoms with van der Waals surface area (Å²) in [5.41, 5.74) is 5.02. The van der Waals surface area contributed by atoms with Gasteiger partial charge < -0.3 is 10.2 Å². The Morgan fingerprint density at radius 3 is 1.91 bits per heavy atom. The molecule has 2 nitrogen and oxygen atoms in total. The van der Waals surface area contributed by atoms with E-state index in [9.17, 15) is 0 Å². The second-order valence-electron chi connectivity index (χ2n) is 5.70. The molecule has 0 radical (unpaired) electrons. The van der Waals surface area contributed by atoms with E-state index >= 15 is 0 Å². The van der Waals surface area contributed by atoms with Crippen LogP contribution >= 0.6 is 0 Å². The van der Waals surface area contributed by atoms with Crippen LogP contribution in [0.2, 0.25) is 0 Å². The van der Waals surface area contributed by atoms with Gasteiger partial charge in [0.05, 0.1) is 5.70 Å². The minimum Gasteiger partial charge on any atom is -0.364 e. The Labute approximate surface area is 138 Å². The Morgan fingerprint density at radius 1 is 0.783 bits per heavy atom. The highest BCUT2D eigenvalue weighted by Crippen LogP contribution is 2.20. The third-order valence-corrected chi connectivity index (χ3v) is 3.92. The molecule has 23 heavy (non-hydrogen) atoms. The molecule has 1 aliphatic heterocycles. The SMILES string of the molecule is CC1=C(N(Cc2ccccc2)Cc2ccccc2)C=CC=CN1. The van der Waals surface area contributed by atoms with E-state index in [-0.39, 0.29) is 0 Å². The zero-order valence-electron chi connectivity index (χ0n) is 13.4. The van der Waals surface area contributed by atoms with Gasteiger partial charge in [0.1, 0.15) is 0 Å². The van der Waals surface area contributed by atoms with Crippen molar-refractivity contribution < 1.29 is 0 Å². The van der Waals surface area contributed by atoms with Crippen molar-refractivity contribution in [3.8, 4) is 0 Å². The van der Waals surface area contributed by atoms with Crippen LogP contribution in [-0.4, -0.2) is 4.90 Å². The third kappa shape index (κ3) is 4.13. The van der Waals surface area contributed by atoms with Gasteiger partial charge in [-0.1, -0.05) is 66.7 Å². The molecule has 1 N–H and O–H groups in total. The van der Waals surface area contributed by atoms with E-state index < -0.39 is 0 Å². The van der Waals surface area contributed by atoms with E-state index in [1.165, 1.54) is 22.5 Å². The molecule has 0 fully saturated rings. The van der Waals surface area contributed by atoms with Crippen LogP contribution < -0.4 is 5.32 Å². The van der Waals surface area contributed by atoms with Crippen molar-refractivity contribution in [1.82, 2.24) is 10.2 Å². The molecule has 116 valence electrons. The van der Waals surface area contributed by atoms with Crippen molar-refractivity contribution in [3.05, 3.63) is 108 Å². The lowest BCUT2D eigenvalue weighted by molar-refractivity contribution is 0.335. The highest BCUT2D eigenvalue weighted by Gasteiger charge is 2.12. The minimum absolute atomic E-state index is 0.883. The van der Waals surface area contributed by atoms with Gasteiger partial charge in [-0.2, -0.15) is 0 Å². The molecule has 1 aliphatic rings. The van der Waals surface area contributed by atoms with Gasteiger partial charge in [-0.25, -0.2) is 0 Å². The van der Waals surface area contributed by atoms with Crippen molar-refractivity contribution in [3.63, 3.8) is 0 Å². The lowest BCUT2D eigenvalue weighted by Crippen LogP contribution is -2.24. The number of hydrogen-bond acceptors (Lipinski definition) is 2. The maximum absolute atomic E-state index is 3.34. The summed E-state index contributed by atoms with van der Waals surface area (Å²) in [4.78, 5) is 2.41. The summed E-state index contributed by atoms with van der Waals surface area (Å²) in [5, 5.41) is 3.34. The van der Waals surface area contributed by atoms with Crippen LogP contribution in [0.4, 0.5) is 0 Å². The van der Waals surface area contributed by atoms with Gasteiger partial charge >= 0.3 is 0 Å². The van der Waals surface area contributed by atoms with Crippen molar-refractivity contribution in [2.45, 2.75) is 20.0 Å². The van der Waals surface area contributed by atoms with Crippen LogP contribution in [0.5, 0.6) is 0 Å². The summed E-state index contributed by atoms with van der Waals surface area (Å²) in [6.07, 6.45) is 8.27. The molecule has 0 spiro atoms. The molecule has 3 rings (SSSR count). The standard InChI is InChI=1S/C21H22N2/c1-18-21(14-8-9-15-22-18)23(16-19-10-4-2-5-11-19)17-20-12-6-3-7-13-20/h2-15,22H,16-17H2,1H3. The summed E-state index contributed by atoms with van der Waals surface area (Å²) in [6, 6.07) is 21.2. The Bertz CT molecular complexity index is 671. The van der Waals surface area contributed by atoms with E-state index in [1.54, 1.807) is 0 Å². The smallest absolute Gasteiger partial charge is 0.0565 e. The van der Waals surface area contributed by atoms with Crippen molar-refractivity contribution >= 4 is 0 Å². The minimum atomic E-state index is 0.883. The first-order chi connectivity index (χ1) is 11.3. The zero-order valence-corrected chi connectivity index (χ0v) is 13.4. The predicted octanol–water partition coefficient (Wildman–Crippen LogP) is 4.59. The maximum atomic E-state index is 3.34. The molecule has 2 heteroatoms. The fraction of sp³-hybridized carbons (Fsp3) is 0.143. The summed E-state index contributed by atoms with van der Waals surface area (Å²) in [7, 11) is 0. The van der Waals surface area contributed by atoms with E-state index in [2.05, 4.69) is 90.0 Å². The Kier molecular flexibility index (Phi) is 4.95. The summed E-state index contributed by atoms with van der Waals surface area (Å²) < 4.78 is 0. The van der Waals surface area contributed by atoms with E-state index in [1.807, 2.05) is 12.3 Å². The van der Waals surface area contributed by atoms with Gasteiger partial charge in [-0.15, -0.1) is 0 Å². The number of hydrogen-bond donors (Lipinski definition) is 1. The fourth-order valence-electron chi connectivity index (χ4n) is 2.75. The van der Waals surface area contributed by atoms with Gasteiger partial charge in [0.2, 0.25) is 0 Å². The second-order valence-corrected chi connectivity index (χ2v) is 5.70. The quantitative estimate of drug-likeness (QED) is 0.869. The van der Waals surface area contributed by atoms with E-state index in [0.29, 0.717) is 0 Å². The van der Waals surface area contributed by atoms with Gasteiger partial charge in [0.15, 0.2) is 0 Å². The van der Waals surface area contributed by atoms with E-state index in [0.717, 1.165) is 13.1 Å². The highest BCUT2D eigenvalue weighted by atomic mass is 15.1. The van der Waals surface area contributed by atoms with E-state index in [4.69, 9.17) is 0 Å². The number of rotatable bonds is 5.